The van der Waals surface area contributed by atoms with Crippen LogP contribution in [0.5, 0.6) is 0 Å². The summed E-state index contributed by atoms with van der Waals surface area (Å²) in [6.45, 7) is 6.01. The molecule has 0 aliphatic carbocycles. The fourth-order valence-corrected chi connectivity index (χ4v) is 2.47. The Balaban J connectivity index is 1.86. The van der Waals surface area contributed by atoms with Gasteiger partial charge in [0, 0.05) is 11.4 Å². The van der Waals surface area contributed by atoms with E-state index in [0.717, 1.165) is 23.4 Å². The van der Waals surface area contributed by atoms with Gasteiger partial charge in [0.05, 0.1) is 12.6 Å². The molecular formula is C21H27N3O2. The maximum Gasteiger partial charge on any atom is 0.241 e. The lowest BCUT2D eigenvalue weighted by Gasteiger charge is -2.23. The second-order valence-electron chi connectivity index (χ2n) is 6.55. The van der Waals surface area contributed by atoms with Crippen LogP contribution in [0.3, 0.4) is 0 Å². The average Bonchev–Trinajstić information content (AvgIpc) is 2.63. The van der Waals surface area contributed by atoms with Crippen LogP contribution in [0, 0.1) is 6.92 Å². The van der Waals surface area contributed by atoms with Crippen molar-refractivity contribution in [1.82, 2.24) is 4.90 Å². The first-order chi connectivity index (χ1) is 12.4. The molecule has 0 saturated carbocycles. The highest BCUT2D eigenvalue weighted by molar-refractivity contribution is 5.96. The van der Waals surface area contributed by atoms with Crippen molar-refractivity contribution in [2.45, 2.75) is 33.2 Å². The van der Waals surface area contributed by atoms with Crippen molar-refractivity contribution in [2.75, 3.05) is 24.2 Å². The molecule has 2 aromatic rings. The van der Waals surface area contributed by atoms with E-state index < -0.39 is 6.04 Å². The third-order valence-electron chi connectivity index (χ3n) is 4.40. The first-order valence-corrected chi connectivity index (χ1v) is 8.85. The van der Waals surface area contributed by atoms with Crippen molar-refractivity contribution < 1.29 is 9.59 Å². The zero-order valence-corrected chi connectivity index (χ0v) is 15.9. The second-order valence-corrected chi connectivity index (χ2v) is 6.55. The Kier molecular flexibility index (Phi) is 6.92. The molecule has 0 radical (unpaired) electrons. The molecular weight excluding hydrogens is 326 g/mol. The molecule has 0 spiro atoms. The minimum atomic E-state index is -0.426. The summed E-state index contributed by atoms with van der Waals surface area (Å²) >= 11 is 0. The fraction of sp³-hybridized carbons (Fsp3) is 0.333. The molecule has 5 heteroatoms. The van der Waals surface area contributed by atoms with Gasteiger partial charge in [0.1, 0.15) is 0 Å². The fourth-order valence-electron chi connectivity index (χ4n) is 2.47. The Morgan fingerprint density at radius 2 is 1.50 bits per heavy atom. The van der Waals surface area contributed by atoms with Crippen molar-refractivity contribution in [1.29, 1.82) is 0 Å². The highest BCUT2D eigenvalue weighted by atomic mass is 16.2. The highest BCUT2D eigenvalue weighted by Crippen LogP contribution is 2.12. The number of anilines is 2. The van der Waals surface area contributed by atoms with E-state index in [0.29, 0.717) is 0 Å². The molecule has 138 valence electrons. The van der Waals surface area contributed by atoms with Crippen molar-refractivity contribution in [3.8, 4) is 0 Å². The lowest BCUT2D eigenvalue weighted by molar-refractivity contribution is -0.122. The van der Waals surface area contributed by atoms with E-state index in [1.807, 2.05) is 55.5 Å². The van der Waals surface area contributed by atoms with Gasteiger partial charge in [0.15, 0.2) is 0 Å². The summed E-state index contributed by atoms with van der Waals surface area (Å²) in [6.07, 6.45) is 0.962. The largest absolute Gasteiger partial charge is 0.325 e. The molecule has 2 N–H and O–H groups in total. The third kappa shape index (κ3) is 5.70. The van der Waals surface area contributed by atoms with Gasteiger partial charge < -0.3 is 10.6 Å². The molecule has 1 atom stereocenters. The van der Waals surface area contributed by atoms with Crippen molar-refractivity contribution in [3.05, 3.63) is 59.7 Å². The van der Waals surface area contributed by atoms with Gasteiger partial charge >= 0.3 is 0 Å². The molecule has 0 aliphatic heterocycles. The number of hydrogen-bond acceptors (Lipinski definition) is 3. The van der Waals surface area contributed by atoms with E-state index in [9.17, 15) is 9.59 Å². The van der Waals surface area contributed by atoms with E-state index in [2.05, 4.69) is 17.6 Å². The van der Waals surface area contributed by atoms with Crippen LogP contribution in [-0.2, 0) is 16.0 Å². The van der Waals surface area contributed by atoms with Crippen molar-refractivity contribution in [3.63, 3.8) is 0 Å². The molecule has 0 aliphatic rings. The van der Waals surface area contributed by atoms with E-state index >= 15 is 0 Å². The van der Waals surface area contributed by atoms with Crippen LogP contribution in [0.15, 0.2) is 48.5 Å². The van der Waals surface area contributed by atoms with E-state index in [4.69, 9.17) is 0 Å². The third-order valence-corrected chi connectivity index (χ3v) is 4.40. The van der Waals surface area contributed by atoms with Gasteiger partial charge in [0.25, 0.3) is 0 Å². The van der Waals surface area contributed by atoms with E-state index in [1.54, 1.807) is 18.9 Å². The van der Waals surface area contributed by atoms with Gasteiger partial charge in [-0.05, 0) is 57.1 Å². The van der Waals surface area contributed by atoms with Crippen LogP contribution in [0.4, 0.5) is 11.4 Å². The molecule has 2 amide bonds. The monoisotopic (exact) mass is 353 g/mol. The zero-order valence-electron chi connectivity index (χ0n) is 15.9. The van der Waals surface area contributed by atoms with E-state index in [-0.39, 0.29) is 18.4 Å². The van der Waals surface area contributed by atoms with Crippen LogP contribution in [-0.4, -0.2) is 36.3 Å². The number of benzene rings is 2. The molecule has 2 rings (SSSR count). The lowest BCUT2D eigenvalue weighted by atomic mass is 10.1. The standard InChI is InChI=1S/C21H27N3O2/c1-5-17-8-12-19(13-9-17)23-21(26)16(3)24(4)14-20(25)22-18-10-6-15(2)7-11-18/h6-13,16H,5,14H2,1-4H3,(H,22,25)(H,23,26). The molecule has 0 fully saturated rings. The quantitative estimate of drug-likeness (QED) is 0.801. The molecule has 0 saturated heterocycles. The van der Waals surface area contributed by atoms with Gasteiger partial charge in [-0.3, -0.25) is 14.5 Å². The molecule has 26 heavy (non-hydrogen) atoms. The van der Waals surface area contributed by atoms with Crippen LogP contribution in [0.25, 0.3) is 0 Å². The Bertz CT molecular complexity index is 739. The van der Waals surface area contributed by atoms with Crippen LogP contribution in [0.1, 0.15) is 25.0 Å². The topological polar surface area (TPSA) is 61.4 Å². The number of carbonyl (C=O) groups is 2. The highest BCUT2D eigenvalue weighted by Gasteiger charge is 2.20. The summed E-state index contributed by atoms with van der Waals surface area (Å²) in [5.74, 6) is -0.289. The number of nitrogens with zero attached hydrogens (tertiary/aromatic N) is 1. The minimum absolute atomic E-state index is 0.136. The van der Waals surface area contributed by atoms with Gasteiger partial charge in [-0.25, -0.2) is 0 Å². The average molecular weight is 353 g/mol. The molecule has 1 unspecified atom stereocenters. The maximum absolute atomic E-state index is 12.4. The molecule has 2 aromatic carbocycles. The van der Waals surface area contributed by atoms with Crippen LogP contribution >= 0.6 is 0 Å². The van der Waals surface area contributed by atoms with Gasteiger partial charge in [-0.15, -0.1) is 0 Å². The predicted molar refractivity (Wildman–Crippen MR) is 106 cm³/mol. The zero-order chi connectivity index (χ0) is 19.1. The molecule has 0 heterocycles. The number of amides is 2. The number of hydrogen-bond donors (Lipinski definition) is 2. The molecule has 0 bridgehead atoms. The summed E-state index contributed by atoms with van der Waals surface area (Å²) in [5, 5.41) is 5.73. The Morgan fingerprint density at radius 1 is 0.962 bits per heavy atom. The van der Waals surface area contributed by atoms with Gasteiger partial charge in [-0.1, -0.05) is 36.8 Å². The summed E-state index contributed by atoms with van der Waals surface area (Å²) in [6, 6.07) is 15.0. The number of aryl methyl sites for hydroxylation is 2. The van der Waals surface area contributed by atoms with Crippen molar-refractivity contribution >= 4 is 23.2 Å². The normalized spacial score (nSPS) is 11.9. The van der Waals surface area contributed by atoms with Crippen LogP contribution < -0.4 is 10.6 Å². The van der Waals surface area contributed by atoms with E-state index in [1.165, 1.54) is 5.56 Å². The molecule has 5 nitrogen and oxygen atoms in total. The van der Waals surface area contributed by atoms with Crippen LogP contribution in [0.2, 0.25) is 0 Å². The SMILES string of the molecule is CCc1ccc(NC(=O)C(C)N(C)CC(=O)Nc2ccc(C)cc2)cc1. The predicted octanol–water partition coefficient (Wildman–Crippen LogP) is 3.45. The lowest BCUT2D eigenvalue weighted by Crippen LogP contribution is -2.43. The number of likely N-dealkylation sites (N-methyl/N-ethyl adjacent to an activating group) is 1. The second kappa shape index (κ2) is 9.15. The Hall–Kier alpha value is -2.66. The van der Waals surface area contributed by atoms with Crippen molar-refractivity contribution in [2.24, 2.45) is 0 Å². The summed E-state index contributed by atoms with van der Waals surface area (Å²) in [7, 11) is 1.76. The number of rotatable bonds is 7. The Morgan fingerprint density at radius 3 is 2.08 bits per heavy atom. The summed E-state index contributed by atoms with van der Waals surface area (Å²) in [5.41, 5.74) is 3.87. The molecule has 0 aromatic heterocycles. The summed E-state index contributed by atoms with van der Waals surface area (Å²) in [4.78, 5) is 26.3. The number of carbonyl (C=O) groups excluding carboxylic acids is 2. The first-order valence-electron chi connectivity index (χ1n) is 8.85. The summed E-state index contributed by atoms with van der Waals surface area (Å²) < 4.78 is 0. The first kappa shape index (κ1) is 19.7. The minimum Gasteiger partial charge on any atom is -0.325 e. The maximum atomic E-state index is 12.4. The van der Waals surface area contributed by atoms with Gasteiger partial charge in [0.2, 0.25) is 11.8 Å². The van der Waals surface area contributed by atoms with Gasteiger partial charge in [-0.2, -0.15) is 0 Å². The number of nitrogens with one attached hydrogen (secondary N) is 2. The smallest absolute Gasteiger partial charge is 0.241 e. The Labute approximate surface area is 155 Å².